The first kappa shape index (κ1) is 8.30. The Hall–Kier alpha value is -1.31. The quantitative estimate of drug-likeness (QED) is 0.649. The second-order valence-electron chi connectivity index (χ2n) is 3.71. The number of aromatic nitrogens is 2. The molecule has 0 aliphatic heterocycles. The number of fused-ring (bicyclic) bond motifs is 1. The summed E-state index contributed by atoms with van der Waals surface area (Å²) in [7, 11) is 0. The summed E-state index contributed by atoms with van der Waals surface area (Å²) < 4.78 is 2.13. The van der Waals surface area contributed by atoms with Crippen molar-refractivity contribution >= 4 is 5.65 Å². The fourth-order valence-corrected chi connectivity index (χ4v) is 1.61. The third-order valence-electron chi connectivity index (χ3n) is 2.37. The van der Waals surface area contributed by atoms with Gasteiger partial charge in [0.05, 0.1) is 0 Å². The van der Waals surface area contributed by atoms with Gasteiger partial charge in [-0.05, 0) is 24.5 Å². The molecule has 0 unspecified atom stereocenters. The van der Waals surface area contributed by atoms with Crippen LogP contribution >= 0.6 is 0 Å². The van der Waals surface area contributed by atoms with Gasteiger partial charge in [0.1, 0.15) is 5.65 Å². The minimum Gasteiger partial charge on any atom is -0.304 e. The van der Waals surface area contributed by atoms with E-state index in [-0.39, 0.29) is 0 Å². The summed E-state index contributed by atoms with van der Waals surface area (Å²) in [5.41, 5.74) is 3.60. The van der Waals surface area contributed by atoms with Crippen LogP contribution in [0.5, 0.6) is 0 Å². The van der Waals surface area contributed by atoms with E-state index in [1.807, 2.05) is 6.20 Å². The molecule has 0 spiro atoms. The predicted octanol–water partition coefficient (Wildman–Crippen LogP) is 2.77. The molecule has 2 nitrogen and oxygen atoms in total. The molecular weight excluding hydrogens is 160 g/mol. The predicted molar refractivity (Wildman–Crippen MR) is 54.0 cm³/mol. The summed E-state index contributed by atoms with van der Waals surface area (Å²) in [6.45, 7) is 6.46. The summed E-state index contributed by atoms with van der Waals surface area (Å²) in [6, 6.07) is 4.23. The lowest BCUT2D eigenvalue weighted by atomic mass is 10.1. The molecule has 0 aliphatic rings. The fourth-order valence-electron chi connectivity index (χ4n) is 1.61. The molecule has 2 heterocycles. The summed E-state index contributed by atoms with van der Waals surface area (Å²) >= 11 is 0. The van der Waals surface area contributed by atoms with Crippen LogP contribution in [0.25, 0.3) is 5.65 Å². The Kier molecular flexibility index (Phi) is 1.83. The van der Waals surface area contributed by atoms with Gasteiger partial charge in [0.25, 0.3) is 0 Å². The van der Waals surface area contributed by atoms with Crippen molar-refractivity contribution in [1.82, 2.24) is 9.38 Å². The Morgan fingerprint density at radius 2 is 2.15 bits per heavy atom. The second-order valence-corrected chi connectivity index (χ2v) is 3.71. The summed E-state index contributed by atoms with van der Waals surface area (Å²) in [5.74, 6) is 0.533. The minimum atomic E-state index is 0.533. The van der Waals surface area contributed by atoms with E-state index in [1.54, 1.807) is 0 Å². The molecule has 2 aromatic rings. The summed E-state index contributed by atoms with van der Waals surface area (Å²) in [4.78, 5) is 4.40. The molecule has 0 amide bonds. The van der Waals surface area contributed by atoms with Gasteiger partial charge in [-0.2, -0.15) is 0 Å². The van der Waals surface area contributed by atoms with E-state index in [1.165, 1.54) is 11.3 Å². The van der Waals surface area contributed by atoms with Gasteiger partial charge in [0.15, 0.2) is 0 Å². The zero-order valence-electron chi connectivity index (χ0n) is 8.28. The smallest absolute Gasteiger partial charge is 0.140 e. The normalized spacial score (nSPS) is 11.4. The van der Waals surface area contributed by atoms with E-state index in [0.29, 0.717) is 5.92 Å². The van der Waals surface area contributed by atoms with Gasteiger partial charge in [0.2, 0.25) is 0 Å². The van der Waals surface area contributed by atoms with Crippen molar-refractivity contribution < 1.29 is 0 Å². The largest absolute Gasteiger partial charge is 0.304 e. The lowest BCUT2D eigenvalue weighted by Gasteiger charge is -2.06. The number of pyridine rings is 1. The van der Waals surface area contributed by atoms with Crippen molar-refractivity contribution in [3.05, 3.63) is 35.8 Å². The molecule has 0 fully saturated rings. The third-order valence-corrected chi connectivity index (χ3v) is 2.37. The van der Waals surface area contributed by atoms with Gasteiger partial charge in [-0.25, -0.2) is 4.98 Å². The first-order chi connectivity index (χ1) is 6.20. The van der Waals surface area contributed by atoms with Crippen LogP contribution < -0.4 is 0 Å². The molecule has 0 aromatic carbocycles. The van der Waals surface area contributed by atoms with Crippen molar-refractivity contribution in [2.45, 2.75) is 26.7 Å². The Bertz CT molecular complexity index is 427. The van der Waals surface area contributed by atoms with Gasteiger partial charge in [0, 0.05) is 18.1 Å². The van der Waals surface area contributed by atoms with Crippen molar-refractivity contribution in [2.75, 3.05) is 0 Å². The van der Waals surface area contributed by atoms with E-state index < -0.39 is 0 Å². The molecule has 68 valence electrons. The van der Waals surface area contributed by atoms with Crippen molar-refractivity contribution in [3.8, 4) is 0 Å². The fraction of sp³-hybridized carbons (Fsp3) is 0.364. The Balaban J connectivity index is 2.77. The Morgan fingerprint density at radius 1 is 1.38 bits per heavy atom. The highest BCUT2D eigenvalue weighted by Gasteiger charge is 2.06. The number of aryl methyl sites for hydroxylation is 1. The molecule has 0 bridgehead atoms. The van der Waals surface area contributed by atoms with Crippen LogP contribution in [0.4, 0.5) is 0 Å². The highest BCUT2D eigenvalue weighted by molar-refractivity contribution is 5.50. The number of hydrogen-bond acceptors (Lipinski definition) is 1. The van der Waals surface area contributed by atoms with Crippen molar-refractivity contribution in [1.29, 1.82) is 0 Å². The lowest BCUT2D eigenvalue weighted by Crippen LogP contribution is -1.94. The number of nitrogens with zero attached hydrogens (tertiary/aromatic N) is 2. The first-order valence-corrected chi connectivity index (χ1v) is 4.62. The van der Waals surface area contributed by atoms with Crippen LogP contribution in [0, 0.1) is 6.92 Å². The first-order valence-electron chi connectivity index (χ1n) is 4.62. The number of hydrogen-bond donors (Lipinski definition) is 0. The van der Waals surface area contributed by atoms with E-state index in [0.717, 1.165) is 5.65 Å². The van der Waals surface area contributed by atoms with Crippen molar-refractivity contribution in [2.24, 2.45) is 0 Å². The standard InChI is InChI=1S/C11H14N2/c1-8(2)10-5-4-6-13-9(3)7-12-11(10)13/h4-8H,1-3H3. The number of rotatable bonds is 1. The van der Waals surface area contributed by atoms with Crippen LogP contribution in [0.2, 0.25) is 0 Å². The molecule has 0 saturated carbocycles. The summed E-state index contributed by atoms with van der Waals surface area (Å²) in [5, 5.41) is 0. The molecule has 0 saturated heterocycles. The molecule has 2 heteroatoms. The molecule has 0 aliphatic carbocycles. The highest BCUT2D eigenvalue weighted by Crippen LogP contribution is 2.19. The molecule has 0 atom stereocenters. The topological polar surface area (TPSA) is 17.3 Å². The van der Waals surface area contributed by atoms with Gasteiger partial charge >= 0.3 is 0 Å². The third kappa shape index (κ3) is 1.22. The minimum absolute atomic E-state index is 0.533. The Morgan fingerprint density at radius 3 is 2.85 bits per heavy atom. The maximum atomic E-state index is 4.40. The average Bonchev–Trinajstić information content (AvgIpc) is 2.48. The number of imidazole rings is 1. The molecule has 13 heavy (non-hydrogen) atoms. The van der Waals surface area contributed by atoms with Crippen LogP contribution in [-0.4, -0.2) is 9.38 Å². The van der Waals surface area contributed by atoms with Crippen LogP contribution in [0.1, 0.15) is 31.0 Å². The van der Waals surface area contributed by atoms with Crippen molar-refractivity contribution in [3.63, 3.8) is 0 Å². The van der Waals surface area contributed by atoms with E-state index >= 15 is 0 Å². The zero-order chi connectivity index (χ0) is 9.42. The lowest BCUT2D eigenvalue weighted by molar-refractivity contribution is 0.861. The molecule has 0 N–H and O–H groups in total. The van der Waals surface area contributed by atoms with Gasteiger partial charge in [-0.1, -0.05) is 19.9 Å². The summed E-state index contributed by atoms with van der Waals surface area (Å²) in [6.07, 6.45) is 3.98. The Labute approximate surface area is 78.2 Å². The van der Waals surface area contributed by atoms with Crippen LogP contribution in [0.15, 0.2) is 24.5 Å². The van der Waals surface area contributed by atoms with E-state index in [4.69, 9.17) is 0 Å². The maximum absolute atomic E-state index is 4.40. The molecular formula is C11H14N2. The zero-order valence-corrected chi connectivity index (χ0v) is 8.28. The van der Waals surface area contributed by atoms with E-state index in [9.17, 15) is 0 Å². The van der Waals surface area contributed by atoms with Crippen LogP contribution in [-0.2, 0) is 0 Å². The molecule has 2 rings (SSSR count). The van der Waals surface area contributed by atoms with Gasteiger partial charge < -0.3 is 4.40 Å². The monoisotopic (exact) mass is 174 g/mol. The molecule has 2 aromatic heterocycles. The van der Waals surface area contributed by atoms with E-state index in [2.05, 4.69) is 48.5 Å². The van der Waals surface area contributed by atoms with Crippen LogP contribution in [0.3, 0.4) is 0 Å². The average molecular weight is 174 g/mol. The molecule has 0 radical (unpaired) electrons. The van der Waals surface area contributed by atoms with Gasteiger partial charge in [-0.3, -0.25) is 0 Å². The van der Waals surface area contributed by atoms with Gasteiger partial charge in [-0.15, -0.1) is 0 Å². The SMILES string of the molecule is Cc1cnc2c(C(C)C)cccn12. The maximum Gasteiger partial charge on any atom is 0.140 e. The highest BCUT2D eigenvalue weighted by atomic mass is 15.0. The second kappa shape index (κ2) is 2.87.